The van der Waals surface area contributed by atoms with E-state index in [1.165, 1.54) is 12.1 Å². The Morgan fingerprint density at radius 2 is 1.62 bits per heavy atom. The fourth-order valence-electron chi connectivity index (χ4n) is 3.86. The van der Waals surface area contributed by atoms with Crippen LogP contribution in [0.1, 0.15) is 26.3 Å². The lowest BCUT2D eigenvalue weighted by atomic mass is 10.1. The zero-order valence-corrected chi connectivity index (χ0v) is 21.8. The summed E-state index contributed by atoms with van der Waals surface area (Å²) in [4.78, 5) is 28.9. The number of aromatic nitrogens is 3. The number of halogens is 3. The van der Waals surface area contributed by atoms with E-state index in [0.717, 1.165) is 16.7 Å². The molecule has 4 N–H and O–H groups in total. The summed E-state index contributed by atoms with van der Waals surface area (Å²) in [6.45, 7) is 0.0347. The largest absolute Gasteiger partial charge is 0.405 e. The van der Waals surface area contributed by atoms with Crippen molar-refractivity contribution in [2.75, 3.05) is 39.1 Å². The lowest BCUT2D eigenvalue weighted by Gasteiger charge is -2.12. The van der Waals surface area contributed by atoms with Crippen molar-refractivity contribution in [3.8, 4) is 11.1 Å². The number of methoxy groups -OCH3 is 1. The summed E-state index contributed by atoms with van der Waals surface area (Å²) in [6, 6.07) is 15.0. The molecule has 13 heteroatoms. The highest BCUT2D eigenvalue weighted by atomic mass is 19.4. The number of benzene rings is 2. The molecule has 2 aromatic heterocycles. The number of hydrogen-bond acceptors (Lipinski definition) is 7. The molecule has 4 aromatic rings. The second-order valence-electron chi connectivity index (χ2n) is 8.82. The van der Waals surface area contributed by atoms with E-state index in [0.29, 0.717) is 35.9 Å². The van der Waals surface area contributed by atoms with Gasteiger partial charge in [-0.1, -0.05) is 12.1 Å². The van der Waals surface area contributed by atoms with Crippen LogP contribution in [0.4, 0.5) is 24.8 Å². The Labute approximate surface area is 227 Å². The summed E-state index contributed by atoms with van der Waals surface area (Å²) < 4.78 is 44.0. The van der Waals surface area contributed by atoms with Crippen LogP contribution in [-0.4, -0.2) is 66.4 Å². The molecule has 2 heterocycles. The van der Waals surface area contributed by atoms with Gasteiger partial charge in [0, 0.05) is 54.3 Å². The number of carbonyl (C=O) groups excluding carboxylic acids is 2. The minimum absolute atomic E-state index is 0.120. The molecule has 0 aliphatic heterocycles. The van der Waals surface area contributed by atoms with Gasteiger partial charge in [0.05, 0.1) is 6.61 Å². The maximum atomic E-state index is 12.4. The molecule has 0 fully saturated rings. The first-order valence-corrected chi connectivity index (χ1v) is 12.3. The van der Waals surface area contributed by atoms with E-state index in [2.05, 4.69) is 26.0 Å². The van der Waals surface area contributed by atoms with Crippen molar-refractivity contribution in [3.63, 3.8) is 0 Å². The molecule has 210 valence electrons. The first-order chi connectivity index (χ1) is 19.2. The van der Waals surface area contributed by atoms with Gasteiger partial charge in [0.15, 0.2) is 5.65 Å². The number of fused-ring (bicyclic) bond motifs is 1. The van der Waals surface area contributed by atoms with E-state index in [1.54, 1.807) is 54.2 Å². The number of amides is 2. The molecule has 0 saturated carbocycles. The van der Waals surface area contributed by atoms with Gasteiger partial charge in [-0.3, -0.25) is 9.59 Å². The molecule has 0 radical (unpaired) electrons. The third-order valence-electron chi connectivity index (χ3n) is 5.84. The Hall–Kier alpha value is -4.49. The highest BCUT2D eigenvalue weighted by Gasteiger charge is 2.27. The van der Waals surface area contributed by atoms with Crippen molar-refractivity contribution in [3.05, 3.63) is 77.5 Å². The Morgan fingerprint density at radius 1 is 0.925 bits per heavy atom. The zero-order chi connectivity index (χ0) is 28.7. The predicted octanol–water partition coefficient (Wildman–Crippen LogP) is 3.53. The van der Waals surface area contributed by atoms with Gasteiger partial charge < -0.3 is 26.0 Å². The monoisotopic (exact) mass is 555 g/mol. The van der Waals surface area contributed by atoms with Crippen molar-refractivity contribution in [1.29, 1.82) is 0 Å². The van der Waals surface area contributed by atoms with Crippen molar-refractivity contribution >= 4 is 29.1 Å². The Kier molecular flexibility index (Phi) is 8.97. The molecule has 0 aliphatic carbocycles. The van der Waals surface area contributed by atoms with E-state index in [-0.39, 0.29) is 18.1 Å². The highest BCUT2D eigenvalue weighted by Crippen LogP contribution is 2.24. The van der Waals surface area contributed by atoms with Gasteiger partial charge in [-0.05, 0) is 55.1 Å². The summed E-state index contributed by atoms with van der Waals surface area (Å²) in [5, 5.41) is 15.3. The van der Waals surface area contributed by atoms with E-state index in [9.17, 15) is 22.8 Å². The lowest BCUT2D eigenvalue weighted by Crippen LogP contribution is -2.33. The summed E-state index contributed by atoms with van der Waals surface area (Å²) >= 11 is 0. The summed E-state index contributed by atoms with van der Waals surface area (Å²) in [5.74, 6) is -0.661. The molecule has 40 heavy (non-hydrogen) atoms. The van der Waals surface area contributed by atoms with Gasteiger partial charge in [0.25, 0.3) is 11.8 Å². The van der Waals surface area contributed by atoms with Crippen molar-refractivity contribution in [2.24, 2.45) is 0 Å². The molecule has 0 saturated heterocycles. The number of alkyl halides is 3. The Morgan fingerprint density at radius 3 is 2.33 bits per heavy atom. The Balaban J connectivity index is 1.49. The minimum Gasteiger partial charge on any atom is -0.380 e. The summed E-state index contributed by atoms with van der Waals surface area (Å²) in [6.07, 6.45) is -2.73. The van der Waals surface area contributed by atoms with Gasteiger partial charge in [0.1, 0.15) is 6.54 Å². The Bertz CT molecular complexity index is 1490. The quantitative estimate of drug-likeness (QED) is 0.209. The van der Waals surface area contributed by atoms with Gasteiger partial charge >= 0.3 is 6.18 Å². The molecular weight excluding hydrogens is 527 g/mol. The van der Waals surface area contributed by atoms with Crippen molar-refractivity contribution < 1.29 is 27.5 Å². The number of rotatable bonds is 11. The van der Waals surface area contributed by atoms with Crippen molar-refractivity contribution in [1.82, 2.24) is 30.5 Å². The van der Waals surface area contributed by atoms with Crippen LogP contribution in [0, 0.1) is 0 Å². The van der Waals surface area contributed by atoms with Crippen LogP contribution >= 0.6 is 0 Å². The van der Waals surface area contributed by atoms with E-state index < -0.39 is 18.6 Å². The summed E-state index contributed by atoms with van der Waals surface area (Å²) in [5.41, 5.74) is 4.14. The molecule has 0 aliphatic rings. The molecule has 0 unspecified atom stereocenters. The SMILES string of the molecule is CNCCNC(=O)c1ccc(Nc2nc3ccc(-c4ccc(C(=O)NCC(F)(F)F)cc4)cn3n2)c(COC)c1. The lowest BCUT2D eigenvalue weighted by molar-refractivity contribution is -0.123. The molecule has 10 nitrogen and oxygen atoms in total. The van der Waals surface area contributed by atoms with Crippen LogP contribution in [-0.2, 0) is 11.3 Å². The third-order valence-corrected chi connectivity index (χ3v) is 5.84. The van der Waals surface area contributed by atoms with Gasteiger partial charge in [-0.2, -0.15) is 18.2 Å². The van der Waals surface area contributed by atoms with Crippen LogP contribution in [0.5, 0.6) is 0 Å². The molecule has 0 bridgehead atoms. The average molecular weight is 556 g/mol. The zero-order valence-electron chi connectivity index (χ0n) is 21.8. The number of likely N-dealkylation sites (N-methyl/N-ethyl adjacent to an activating group) is 1. The fourth-order valence-corrected chi connectivity index (χ4v) is 3.86. The average Bonchev–Trinajstić information content (AvgIpc) is 3.34. The number of hydrogen-bond donors (Lipinski definition) is 4. The van der Waals surface area contributed by atoms with Gasteiger partial charge in [0.2, 0.25) is 5.95 Å². The molecule has 0 atom stereocenters. The predicted molar refractivity (Wildman–Crippen MR) is 144 cm³/mol. The van der Waals surface area contributed by atoms with Crippen molar-refractivity contribution in [2.45, 2.75) is 12.8 Å². The van der Waals surface area contributed by atoms with E-state index >= 15 is 0 Å². The van der Waals surface area contributed by atoms with Crippen LogP contribution in [0.3, 0.4) is 0 Å². The fraction of sp³-hybridized carbons (Fsp3) is 0.259. The van der Waals surface area contributed by atoms with Gasteiger partial charge in [-0.15, -0.1) is 5.10 Å². The maximum Gasteiger partial charge on any atom is 0.405 e. The molecule has 2 amide bonds. The number of ether oxygens (including phenoxy) is 1. The smallest absolute Gasteiger partial charge is 0.380 e. The first kappa shape index (κ1) is 28.5. The molecule has 4 rings (SSSR count). The second kappa shape index (κ2) is 12.6. The van der Waals surface area contributed by atoms with Crippen LogP contribution in [0.2, 0.25) is 0 Å². The standard InChI is InChI=1S/C27H28F3N7O3/c1-31-11-12-32-25(39)19-7-9-22(21(13-19)15-40-2)34-26-35-23-10-8-20(14-37(23)36-26)17-3-5-18(6-4-17)24(38)33-16-27(28,29)30/h3-10,13-14,31H,11-12,15-16H2,1-2H3,(H,32,39)(H,33,38)(H,34,36). The second-order valence-corrected chi connectivity index (χ2v) is 8.82. The van der Waals surface area contributed by atoms with Crippen LogP contribution in [0.15, 0.2) is 60.8 Å². The van der Waals surface area contributed by atoms with Gasteiger partial charge in [-0.25, -0.2) is 4.52 Å². The normalized spacial score (nSPS) is 11.4. The number of carbonyl (C=O) groups is 2. The highest BCUT2D eigenvalue weighted by molar-refractivity contribution is 5.95. The van der Waals surface area contributed by atoms with E-state index in [4.69, 9.17) is 4.74 Å². The molecule has 0 spiro atoms. The molecule has 2 aromatic carbocycles. The summed E-state index contributed by atoms with van der Waals surface area (Å²) in [7, 11) is 3.38. The van der Waals surface area contributed by atoms with Crippen LogP contribution < -0.4 is 21.3 Å². The molecular formula is C27H28F3N7O3. The minimum atomic E-state index is -4.48. The topological polar surface area (TPSA) is 122 Å². The number of nitrogens with zero attached hydrogens (tertiary/aromatic N) is 3. The first-order valence-electron chi connectivity index (χ1n) is 12.3. The van der Waals surface area contributed by atoms with E-state index in [1.807, 2.05) is 18.4 Å². The number of anilines is 2. The van der Waals surface area contributed by atoms with Crippen LogP contribution in [0.25, 0.3) is 16.8 Å². The maximum absolute atomic E-state index is 12.4. The third kappa shape index (κ3) is 7.33. The number of nitrogens with one attached hydrogen (secondary N) is 4. The number of pyridine rings is 1.